The highest BCUT2D eigenvalue weighted by Crippen LogP contribution is 2.19. The maximum absolute atomic E-state index is 12.1. The number of carbonyl (C=O) groups is 3. The van der Waals surface area contributed by atoms with E-state index in [2.05, 4.69) is 10.3 Å². The fourth-order valence-corrected chi connectivity index (χ4v) is 2.19. The van der Waals surface area contributed by atoms with Crippen LogP contribution in [-0.2, 0) is 22.4 Å². The summed E-state index contributed by atoms with van der Waals surface area (Å²) in [4.78, 5) is 38.8. The van der Waals surface area contributed by atoms with Gasteiger partial charge in [-0.1, -0.05) is 0 Å². The van der Waals surface area contributed by atoms with Gasteiger partial charge in [0, 0.05) is 24.7 Å². The fraction of sp³-hybridized carbons (Fsp3) is 0.467. The zero-order chi connectivity index (χ0) is 16.5. The molecule has 7 nitrogen and oxygen atoms in total. The smallest absolute Gasteiger partial charge is 0.408 e. The highest BCUT2D eigenvalue weighted by molar-refractivity contribution is 5.92. The molecular formula is C15H18N2O5. The lowest BCUT2D eigenvalue weighted by Gasteiger charge is -2.26. The molecule has 0 bridgehead atoms. The number of nitrogens with one attached hydrogen (secondary N) is 1. The number of carboxylic acids is 1. The molecule has 0 saturated carbocycles. The molecule has 0 aliphatic heterocycles. The van der Waals surface area contributed by atoms with Crippen molar-refractivity contribution in [3.8, 4) is 0 Å². The van der Waals surface area contributed by atoms with Crippen molar-refractivity contribution in [1.82, 2.24) is 10.3 Å². The molecule has 7 heteroatoms. The first-order valence-corrected chi connectivity index (χ1v) is 6.89. The van der Waals surface area contributed by atoms with E-state index >= 15 is 0 Å². The number of ether oxygens (including phenoxy) is 1. The van der Waals surface area contributed by atoms with Crippen LogP contribution in [0.15, 0.2) is 12.3 Å². The zero-order valence-electron chi connectivity index (χ0n) is 12.7. The number of rotatable bonds is 2. The van der Waals surface area contributed by atoms with Crippen molar-refractivity contribution < 1.29 is 24.2 Å². The van der Waals surface area contributed by atoms with Gasteiger partial charge in [0.15, 0.2) is 5.78 Å². The lowest BCUT2D eigenvalue weighted by molar-refractivity contribution is -0.120. The lowest BCUT2D eigenvalue weighted by Crippen LogP contribution is -2.47. The first-order chi connectivity index (χ1) is 10.2. The van der Waals surface area contributed by atoms with Gasteiger partial charge in [-0.15, -0.1) is 0 Å². The summed E-state index contributed by atoms with van der Waals surface area (Å²) < 4.78 is 5.13. The average molecular weight is 306 g/mol. The van der Waals surface area contributed by atoms with Crippen LogP contribution in [0, 0.1) is 0 Å². The molecule has 0 aromatic carbocycles. The molecule has 1 unspecified atom stereocenters. The molecule has 22 heavy (non-hydrogen) atoms. The van der Waals surface area contributed by atoms with Crippen molar-refractivity contribution in [2.45, 2.75) is 45.3 Å². The van der Waals surface area contributed by atoms with Gasteiger partial charge >= 0.3 is 12.1 Å². The normalized spacial score (nSPS) is 17.6. The molecule has 1 aromatic rings. The highest BCUT2D eigenvalue weighted by Gasteiger charge is 2.30. The van der Waals surface area contributed by atoms with Gasteiger partial charge < -0.3 is 15.2 Å². The van der Waals surface area contributed by atoms with Crippen LogP contribution in [-0.4, -0.2) is 39.6 Å². The van der Waals surface area contributed by atoms with Crippen LogP contribution in [0.25, 0.3) is 0 Å². The second kappa shape index (κ2) is 5.75. The number of pyridine rings is 1. The molecule has 0 spiro atoms. The summed E-state index contributed by atoms with van der Waals surface area (Å²) in [5, 5.41) is 11.5. The number of Topliss-reactive ketones (excluding diaryl/α,β-unsaturated/α-hetero) is 1. The van der Waals surface area contributed by atoms with E-state index in [1.165, 1.54) is 12.3 Å². The number of carbonyl (C=O) groups excluding carboxylic acids is 2. The fourth-order valence-electron chi connectivity index (χ4n) is 2.19. The SMILES string of the molecule is CC(C)(C)OC(=O)NC1Cc2ncc(C(=O)O)cc2CC1=O. The zero-order valence-corrected chi connectivity index (χ0v) is 12.7. The second-order valence-corrected chi connectivity index (χ2v) is 6.18. The third kappa shape index (κ3) is 3.81. The van der Waals surface area contributed by atoms with Gasteiger partial charge in [-0.25, -0.2) is 9.59 Å². The van der Waals surface area contributed by atoms with Crippen molar-refractivity contribution in [3.63, 3.8) is 0 Å². The van der Waals surface area contributed by atoms with E-state index in [0.29, 0.717) is 11.3 Å². The van der Waals surface area contributed by atoms with Crippen LogP contribution < -0.4 is 5.32 Å². The molecule has 1 atom stereocenters. The lowest BCUT2D eigenvalue weighted by atomic mass is 9.90. The quantitative estimate of drug-likeness (QED) is 0.854. The van der Waals surface area contributed by atoms with Crippen LogP contribution in [0.5, 0.6) is 0 Å². The number of fused-ring (bicyclic) bond motifs is 1. The van der Waals surface area contributed by atoms with Gasteiger partial charge in [-0.3, -0.25) is 9.78 Å². The number of aromatic carboxylic acids is 1. The molecular weight excluding hydrogens is 288 g/mol. The summed E-state index contributed by atoms with van der Waals surface area (Å²) >= 11 is 0. The number of hydrogen-bond donors (Lipinski definition) is 2. The minimum Gasteiger partial charge on any atom is -0.478 e. The number of aromatic nitrogens is 1. The second-order valence-electron chi connectivity index (χ2n) is 6.18. The molecule has 1 aliphatic carbocycles. The first-order valence-electron chi connectivity index (χ1n) is 6.89. The van der Waals surface area contributed by atoms with E-state index < -0.39 is 23.7 Å². The summed E-state index contributed by atoms with van der Waals surface area (Å²) in [6.07, 6.45) is 0.870. The minimum atomic E-state index is -1.09. The summed E-state index contributed by atoms with van der Waals surface area (Å²) in [6, 6.07) is 0.747. The number of nitrogens with zero attached hydrogens (tertiary/aromatic N) is 1. The van der Waals surface area contributed by atoms with Crippen LogP contribution in [0.3, 0.4) is 0 Å². The van der Waals surface area contributed by atoms with Gasteiger partial charge in [0.05, 0.1) is 11.6 Å². The maximum atomic E-state index is 12.1. The molecule has 0 fully saturated rings. The molecule has 0 radical (unpaired) electrons. The maximum Gasteiger partial charge on any atom is 0.408 e. The molecule has 0 saturated heterocycles. The summed E-state index contributed by atoms with van der Waals surface area (Å²) in [5.41, 5.74) is 0.608. The highest BCUT2D eigenvalue weighted by atomic mass is 16.6. The Bertz CT molecular complexity index is 633. The Balaban J connectivity index is 2.11. The van der Waals surface area contributed by atoms with Crippen molar-refractivity contribution in [1.29, 1.82) is 0 Å². The van der Waals surface area contributed by atoms with Crippen molar-refractivity contribution in [3.05, 3.63) is 29.1 Å². The largest absolute Gasteiger partial charge is 0.478 e. The summed E-state index contributed by atoms with van der Waals surface area (Å²) in [6.45, 7) is 5.21. The molecule has 2 N–H and O–H groups in total. The Hall–Kier alpha value is -2.44. The standard InChI is InChI=1S/C15H18N2O5/c1-15(2,3)22-14(21)17-11-6-10-8(5-12(11)18)4-9(7-16-10)13(19)20/h4,7,11H,5-6H2,1-3H3,(H,17,21)(H,19,20). The Morgan fingerprint density at radius 1 is 1.41 bits per heavy atom. The minimum absolute atomic E-state index is 0.0456. The number of amides is 1. The van der Waals surface area contributed by atoms with E-state index in [0.717, 1.165) is 0 Å². The molecule has 118 valence electrons. The molecule has 1 heterocycles. The van der Waals surface area contributed by atoms with Crippen LogP contribution in [0.2, 0.25) is 0 Å². The van der Waals surface area contributed by atoms with Gasteiger partial charge in [0.2, 0.25) is 0 Å². The topological polar surface area (TPSA) is 106 Å². The third-order valence-corrected chi connectivity index (χ3v) is 3.15. The van der Waals surface area contributed by atoms with Crippen LogP contribution in [0.1, 0.15) is 42.4 Å². The van der Waals surface area contributed by atoms with Gasteiger partial charge in [-0.2, -0.15) is 0 Å². The number of alkyl carbamates (subject to hydrolysis) is 1. The first kappa shape index (κ1) is 15.9. The van der Waals surface area contributed by atoms with E-state index in [-0.39, 0.29) is 24.2 Å². The third-order valence-electron chi connectivity index (χ3n) is 3.15. The number of hydrogen-bond acceptors (Lipinski definition) is 5. The van der Waals surface area contributed by atoms with Crippen LogP contribution in [0.4, 0.5) is 4.79 Å². The Morgan fingerprint density at radius 3 is 2.68 bits per heavy atom. The van der Waals surface area contributed by atoms with Crippen molar-refractivity contribution >= 4 is 17.8 Å². The number of carboxylic acid groups (broad SMARTS) is 1. The van der Waals surface area contributed by atoms with Gasteiger partial charge in [0.1, 0.15) is 5.60 Å². The molecule has 1 amide bonds. The predicted octanol–water partition coefficient (Wildman–Crippen LogP) is 1.34. The molecule has 1 aromatic heterocycles. The Labute approximate surface area is 127 Å². The van der Waals surface area contributed by atoms with Crippen LogP contribution >= 0.6 is 0 Å². The molecule has 2 rings (SSSR count). The summed E-state index contributed by atoms with van der Waals surface area (Å²) in [5.74, 6) is -1.28. The summed E-state index contributed by atoms with van der Waals surface area (Å²) in [7, 11) is 0. The van der Waals surface area contributed by atoms with Crippen molar-refractivity contribution in [2.75, 3.05) is 0 Å². The average Bonchev–Trinajstić information content (AvgIpc) is 2.36. The predicted molar refractivity (Wildman–Crippen MR) is 76.8 cm³/mol. The monoisotopic (exact) mass is 306 g/mol. The Kier molecular flexibility index (Phi) is 4.16. The van der Waals surface area contributed by atoms with E-state index in [1.807, 2.05) is 0 Å². The van der Waals surface area contributed by atoms with E-state index in [1.54, 1.807) is 20.8 Å². The van der Waals surface area contributed by atoms with E-state index in [4.69, 9.17) is 9.84 Å². The van der Waals surface area contributed by atoms with Gasteiger partial charge in [0.25, 0.3) is 0 Å². The number of ketones is 1. The van der Waals surface area contributed by atoms with Crippen molar-refractivity contribution in [2.24, 2.45) is 0 Å². The van der Waals surface area contributed by atoms with Gasteiger partial charge in [-0.05, 0) is 32.4 Å². The molecule has 1 aliphatic rings. The Morgan fingerprint density at radius 2 is 2.09 bits per heavy atom. The van der Waals surface area contributed by atoms with E-state index in [9.17, 15) is 14.4 Å².